The third-order valence-corrected chi connectivity index (χ3v) is 6.92. The van der Waals surface area contributed by atoms with E-state index in [9.17, 15) is 24.9 Å². The van der Waals surface area contributed by atoms with E-state index in [0.29, 0.717) is 23.5 Å². The summed E-state index contributed by atoms with van der Waals surface area (Å²) in [6.07, 6.45) is 0.472. The maximum Gasteiger partial charge on any atom is 0.306 e. The summed E-state index contributed by atoms with van der Waals surface area (Å²) in [4.78, 5) is 25.7. The molecule has 5 rings (SSSR count). The van der Waals surface area contributed by atoms with Crippen LogP contribution in [0.25, 0.3) is 22.3 Å². The zero-order valence-corrected chi connectivity index (χ0v) is 22.2. The summed E-state index contributed by atoms with van der Waals surface area (Å²) in [6.45, 7) is 0.458. The van der Waals surface area contributed by atoms with Crippen molar-refractivity contribution in [1.29, 1.82) is 0 Å². The van der Waals surface area contributed by atoms with E-state index in [2.05, 4.69) is 0 Å². The number of hydrogen-bond acceptors (Lipinski definition) is 8. The number of rotatable bonds is 9. The Morgan fingerprint density at radius 1 is 0.854 bits per heavy atom. The van der Waals surface area contributed by atoms with Crippen molar-refractivity contribution in [2.24, 2.45) is 0 Å². The van der Waals surface area contributed by atoms with E-state index in [1.165, 1.54) is 13.2 Å². The maximum atomic E-state index is 13.2. The van der Waals surface area contributed by atoms with Gasteiger partial charge in [0.1, 0.15) is 22.5 Å². The van der Waals surface area contributed by atoms with Crippen molar-refractivity contribution in [3.63, 3.8) is 0 Å². The summed E-state index contributed by atoms with van der Waals surface area (Å²) in [6, 6.07) is 26.9. The molecule has 0 bridgehead atoms. The molecule has 0 saturated carbocycles. The monoisotopic (exact) mass is 552 g/mol. The molecule has 4 aromatic carbocycles. The molecule has 0 saturated heterocycles. The molecule has 0 radical (unpaired) electrons. The van der Waals surface area contributed by atoms with Crippen LogP contribution in [0.15, 0.2) is 100 Å². The second-order valence-corrected chi connectivity index (χ2v) is 9.49. The van der Waals surface area contributed by atoms with E-state index in [1.54, 1.807) is 48.5 Å². The molecule has 1 heterocycles. The van der Waals surface area contributed by atoms with Crippen molar-refractivity contribution in [3.8, 4) is 34.3 Å². The van der Waals surface area contributed by atoms with Crippen LogP contribution in [0.4, 0.5) is 0 Å². The van der Waals surface area contributed by atoms with Crippen LogP contribution < -0.4 is 10.2 Å². The second-order valence-electron chi connectivity index (χ2n) is 9.49. The van der Waals surface area contributed by atoms with Gasteiger partial charge < -0.3 is 29.2 Å². The average Bonchev–Trinajstić information content (AvgIpc) is 3.00. The van der Waals surface area contributed by atoms with Crippen LogP contribution in [-0.4, -0.2) is 35.0 Å². The lowest BCUT2D eigenvalue weighted by Crippen LogP contribution is -2.12. The van der Waals surface area contributed by atoms with E-state index < -0.39 is 34.6 Å². The Hall–Kier alpha value is -5.24. The Morgan fingerprint density at radius 2 is 1.51 bits per heavy atom. The molecule has 5 aromatic rings. The summed E-state index contributed by atoms with van der Waals surface area (Å²) in [5, 5.41) is 32.0. The number of methoxy groups -OCH3 is 1. The first-order chi connectivity index (χ1) is 19.9. The van der Waals surface area contributed by atoms with Gasteiger partial charge in [0.15, 0.2) is 16.9 Å². The SMILES string of the molecule is COC(=O)C[C@@H](c1ccc(OCCc2ccccc2)cc1)c1c(O)c(O)c(O)c2c(=O)cc(-c3ccccc3)oc12. The molecule has 0 fully saturated rings. The van der Waals surface area contributed by atoms with Crippen LogP contribution in [0.1, 0.15) is 29.0 Å². The van der Waals surface area contributed by atoms with Gasteiger partial charge >= 0.3 is 5.97 Å². The van der Waals surface area contributed by atoms with Crippen molar-refractivity contribution >= 4 is 16.9 Å². The molecule has 0 spiro atoms. The number of aromatic hydroxyl groups is 3. The number of benzene rings is 4. The Kier molecular flexibility index (Phi) is 7.92. The number of hydrogen-bond donors (Lipinski definition) is 3. The number of carbonyl (C=O) groups excluding carboxylic acids is 1. The van der Waals surface area contributed by atoms with Crippen LogP contribution in [0.2, 0.25) is 0 Å². The minimum Gasteiger partial charge on any atom is -0.504 e. The predicted molar refractivity (Wildman–Crippen MR) is 153 cm³/mol. The largest absolute Gasteiger partial charge is 0.504 e. The molecule has 0 unspecified atom stereocenters. The number of esters is 1. The van der Waals surface area contributed by atoms with Crippen LogP contribution in [0, 0.1) is 0 Å². The van der Waals surface area contributed by atoms with E-state index in [4.69, 9.17) is 13.9 Å². The van der Waals surface area contributed by atoms with E-state index >= 15 is 0 Å². The lowest BCUT2D eigenvalue weighted by molar-refractivity contribution is -0.140. The first kappa shape index (κ1) is 27.3. The smallest absolute Gasteiger partial charge is 0.306 e. The zero-order valence-electron chi connectivity index (χ0n) is 22.2. The molecule has 3 N–H and O–H groups in total. The minimum atomic E-state index is -0.913. The first-order valence-electron chi connectivity index (χ1n) is 13.0. The summed E-state index contributed by atoms with van der Waals surface area (Å²) in [5.41, 5.74) is 1.48. The van der Waals surface area contributed by atoms with Crippen molar-refractivity contribution in [1.82, 2.24) is 0 Å². The molecule has 8 nitrogen and oxygen atoms in total. The molecule has 0 aliphatic heterocycles. The van der Waals surface area contributed by atoms with Crippen molar-refractivity contribution in [2.75, 3.05) is 13.7 Å². The van der Waals surface area contributed by atoms with E-state index in [-0.39, 0.29) is 28.7 Å². The Morgan fingerprint density at radius 3 is 2.17 bits per heavy atom. The highest BCUT2D eigenvalue weighted by molar-refractivity contribution is 5.93. The Bertz CT molecular complexity index is 1730. The Labute approximate surface area is 235 Å². The molecule has 208 valence electrons. The van der Waals surface area contributed by atoms with Gasteiger partial charge in [-0.1, -0.05) is 72.8 Å². The van der Waals surface area contributed by atoms with Gasteiger partial charge in [0, 0.05) is 29.5 Å². The summed E-state index contributed by atoms with van der Waals surface area (Å²) >= 11 is 0. The highest BCUT2D eigenvalue weighted by Gasteiger charge is 2.31. The van der Waals surface area contributed by atoms with Crippen molar-refractivity contribution < 1.29 is 34.0 Å². The average molecular weight is 553 g/mol. The fraction of sp³-hybridized carbons (Fsp3) is 0.152. The lowest BCUT2D eigenvalue weighted by atomic mass is 9.86. The number of phenols is 3. The third kappa shape index (κ3) is 5.72. The molecule has 0 aliphatic rings. The highest BCUT2D eigenvalue weighted by atomic mass is 16.5. The maximum absolute atomic E-state index is 13.2. The van der Waals surface area contributed by atoms with Gasteiger partial charge in [0.25, 0.3) is 0 Å². The van der Waals surface area contributed by atoms with Crippen molar-refractivity contribution in [3.05, 3.63) is 118 Å². The number of ether oxygens (including phenoxy) is 2. The van der Waals surface area contributed by atoms with Crippen LogP contribution in [0.3, 0.4) is 0 Å². The van der Waals surface area contributed by atoms with Gasteiger partial charge in [-0.2, -0.15) is 0 Å². The molecule has 1 atom stereocenters. The van der Waals surface area contributed by atoms with Gasteiger partial charge in [-0.05, 0) is 23.3 Å². The van der Waals surface area contributed by atoms with Gasteiger partial charge in [-0.25, -0.2) is 0 Å². The molecule has 8 heteroatoms. The summed E-state index contributed by atoms with van der Waals surface area (Å²) in [5.74, 6) is -3.13. The van der Waals surface area contributed by atoms with Gasteiger partial charge in [0.05, 0.1) is 20.1 Å². The number of fused-ring (bicyclic) bond motifs is 1. The molecule has 41 heavy (non-hydrogen) atoms. The minimum absolute atomic E-state index is 0.0340. The van der Waals surface area contributed by atoms with Crippen LogP contribution in [-0.2, 0) is 16.0 Å². The normalized spacial score (nSPS) is 11.7. The first-order valence-corrected chi connectivity index (χ1v) is 13.0. The third-order valence-electron chi connectivity index (χ3n) is 6.92. The number of phenolic OH excluding ortho intramolecular Hbond substituents is 3. The van der Waals surface area contributed by atoms with Gasteiger partial charge in [0.2, 0.25) is 5.75 Å². The van der Waals surface area contributed by atoms with E-state index in [1.807, 2.05) is 36.4 Å². The highest BCUT2D eigenvalue weighted by Crippen LogP contribution is 2.49. The Balaban J connectivity index is 1.58. The number of carbonyl (C=O) groups is 1. The standard InChI is InChI=1S/C33H28O8/c1-39-27(35)18-24(21-12-14-23(15-13-21)40-17-16-20-8-4-2-5-9-20)28-30(36)32(38)31(37)29-25(34)19-26(41-33(28)29)22-10-6-3-7-11-22/h2-15,19,24,36-38H,16-18H2,1H3/t24-/m0/s1. The lowest BCUT2D eigenvalue weighted by Gasteiger charge is -2.21. The van der Waals surface area contributed by atoms with Crippen LogP contribution in [0.5, 0.6) is 23.0 Å². The fourth-order valence-electron chi connectivity index (χ4n) is 4.81. The summed E-state index contributed by atoms with van der Waals surface area (Å²) in [7, 11) is 1.24. The van der Waals surface area contributed by atoms with Gasteiger partial charge in [-0.3, -0.25) is 9.59 Å². The topological polar surface area (TPSA) is 126 Å². The molecule has 0 amide bonds. The molecular formula is C33H28O8. The van der Waals surface area contributed by atoms with E-state index in [0.717, 1.165) is 12.0 Å². The molecule has 0 aliphatic carbocycles. The van der Waals surface area contributed by atoms with Gasteiger partial charge in [-0.15, -0.1) is 0 Å². The summed E-state index contributed by atoms with van der Waals surface area (Å²) < 4.78 is 16.9. The second kappa shape index (κ2) is 11.9. The predicted octanol–water partition coefficient (Wildman–Crippen LogP) is 5.89. The molecular weight excluding hydrogens is 524 g/mol. The van der Waals surface area contributed by atoms with Crippen LogP contribution >= 0.6 is 0 Å². The quantitative estimate of drug-likeness (QED) is 0.153. The molecule has 1 aromatic heterocycles. The van der Waals surface area contributed by atoms with Crippen molar-refractivity contribution in [2.45, 2.75) is 18.8 Å². The zero-order chi connectivity index (χ0) is 28.9. The fourth-order valence-corrected chi connectivity index (χ4v) is 4.81.